The van der Waals surface area contributed by atoms with Crippen LogP contribution in [0.15, 0.2) is 18.2 Å². The van der Waals surface area contributed by atoms with Crippen LogP contribution in [0, 0.1) is 11.8 Å². The Morgan fingerprint density at radius 1 is 1.28 bits per heavy atom. The minimum atomic E-state index is -4.50. The number of aryl methyl sites for hydroxylation is 1. The number of alkyl halides is 3. The normalized spacial score (nSPS) is 27.0. The number of fused-ring (bicyclic) bond motifs is 1. The molecule has 0 bridgehead atoms. The molecule has 5 nitrogen and oxygen atoms in total. The molecular formula is C21H27F3N2O3. The number of carbonyl (C=O) groups is 2. The number of methoxy groups -OCH3 is 1. The zero-order chi connectivity index (χ0) is 21.2. The smallest absolute Gasteiger partial charge is 0.408 e. The molecule has 8 heteroatoms. The molecule has 0 spiro atoms. The number of carbonyl (C=O) groups excluding carboxylic acids is 2. The summed E-state index contributed by atoms with van der Waals surface area (Å²) in [6, 6.07) is 3.59. The summed E-state index contributed by atoms with van der Waals surface area (Å²) in [5.74, 6) is -1.49. The van der Waals surface area contributed by atoms with E-state index in [1.807, 2.05) is 23.5 Å². The molecule has 1 aliphatic carbocycles. The molecule has 0 aromatic heterocycles. The summed E-state index contributed by atoms with van der Waals surface area (Å²) in [6.07, 6.45) is -1.24. The highest BCUT2D eigenvalue weighted by atomic mass is 19.4. The molecule has 2 aliphatic rings. The number of nitrogens with one attached hydrogen (secondary N) is 2. The largest absolute Gasteiger partial charge is 0.497 e. The van der Waals surface area contributed by atoms with Crippen molar-refractivity contribution in [2.45, 2.75) is 63.7 Å². The monoisotopic (exact) mass is 412 g/mol. The first-order chi connectivity index (χ1) is 13.7. The fourth-order valence-corrected chi connectivity index (χ4v) is 4.43. The highest BCUT2D eigenvalue weighted by Crippen LogP contribution is 2.39. The van der Waals surface area contributed by atoms with Gasteiger partial charge in [-0.3, -0.25) is 9.59 Å². The molecule has 1 aromatic carbocycles. The Hall–Kier alpha value is -2.25. The van der Waals surface area contributed by atoms with Crippen molar-refractivity contribution in [1.29, 1.82) is 0 Å². The molecular weight excluding hydrogens is 385 g/mol. The van der Waals surface area contributed by atoms with Gasteiger partial charge in [0.25, 0.3) is 0 Å². The summed E-state index contributed by atoms with van der Waals surface area (Å²) in [5.41, 5.74) is 2.08. The van der Waals surface area contributed by atoms with Crippen LogP contribution in [-0.2, 0) is 16.0 Å². The first kappa shape index (κ1) is 21.5. The Morgan fingerprint density at radius 3 is 2.66 bits per heavy atom. The van der Waals surface area contributed by atoms with Gasteiger partial charge in [0, 0.05) is 0 Å². The van der Waals surface area contributed by atoms with Crippen molar-refractivity contribution in [1.82, 2.24) is 10.6 Å². The predicted octanol–water partition coefficient (Wildman–Crippen LogP) is 3.67. The van der Waals surface area contributed by atoms with Gasteiger partial charge >= 0.3 is 6.18 Å². The van der Waals surface area contributed by atoms with Gasteiger partial charge in [-0.25, -0.2) is 0 Å². The molecule has 1 saturated heterocycles. The highest BCUT2D eigenvalue weighted by molar-refractivity contribution is 6.01. The maximum Gasteiger partial charge on any atom is 0.408 e. The van der Waals surface area contributed by atoms with Crippen molar-refractivity contribution in [2.75, 3.05) is 7.11 Å². The van der Waals surface area contributed by atoms with Gasteiger partial charge in [0.1, 0.15) is 17.7 Å². The number of hydrogen-bond donors (Lipinski definition) is 2. The number of ether oxygens (including phenoxy) is 1. The lowest BCUT2D eigenvalue weighted by molar-refractivity contribution is -0.171. The van der Waals surface area contributed by atoms with Crippen molar-refractivity contribution < 1.29 is 27.5 Å². The van der Waals surface area contributed by atoms with E-state index in [0.29, 0.717) is 0 Å². The molecule has 0 radical (unpaired) electrons. The second-order valence-electron chi connectivity index (χ2n) is 7.87. The molecule has 3 rings (SSSR count). The minimum absolute atomic E-state index is 0.109. The number of amides is 2. The number of piperidine rings is 1. The van der Waals surface area contributed by atoms with Gasteiger partial charge in [-0.1, -0.05) is 19.4 Å². The molecule has 2 amide bonds. The maximum atomic E-state index is 12.9. The predicted molar refractivity (Wildman–Crippen MR) is 101 cm³/mol. The third kappa shape index (κ3) is 4.67. The van der Waals surface area contributed by atoms with Gasteiger partial charge in [0.2, 0.25) is 11.8 Å². The fraction of sp³-hybridized carbons (Fsp3) is 0.619. The molecule has 1 fully saturated rings. The van der Waals surface area contributed by atoms with Crippen molar-refractivity contribution in [3.63, 3.8) is 0 Å². The number of rotatable bonds is 5. The lowest BCUT2D eigenvalue weighted by Gasteiger charge is -2.36. The van der Waals surface area contributed by atoms with Gasteiger partial charge in [0.05, 0.1) is 13.2 Å². The highest BCUT2D eigenvalue weighted by Gasteiger charge is 2.46. The van der Waals surface area contributed by atoms with Crippen LogP contribution < -0.4 is 15.4 Å². The molecule has 1 heterocycles. The fourth-order valence-electron chi connectivity index (χ4n) is 4.43. The molecule has 1 aliphatic heterocycles. The van der Waals surface area contributed by atoms with Crippen LogP contribution in [0.4, 0.5) is 13.2 Å². The molecule has 4 atom stereocenters. The van der Waals surface area contributed by atoms with E-state index < -0.39 is 30.0 Å². The molecule has 29 heavy (non-hydrogen) atoms. The van der Waals surface area contributed by atoms with Crippen LogP contribution in [0.25, 0.3) is 0 Å². The average Bonchev–Trinajstić information content (AvgIpc) is 2.68. The van der Waals surface area contributed by atoms with E-state index in [0.717, 1.165) is 42.6 Å². The van der Waals surface area contributed by atoms with Crippen molar-refractivity contribution in [3.05, 3.63) is 29.3 Å². The molecule has 0 saturated carbocycles. The van der Waals surface area contributed by atoms with Crippen molar-refractivity contribution >= 4 is 11.8 Å². The second kappa shape index (κ2) is 8.63. The summed E-state index contributed by atoms with van der Waals surface area (Å²) in [5, 5.41) is 4.93. The van der Waals surface area contributed by atoms with E-state index in [1.165, 1.54) is 0 Å². The number of benzene rings is 1. The topological polar surface area (TPSA) is 67.4 Å². The van der Waals surface area contributed by atoms with E-state index in [1.54, 1.807) is 7.11 Å². The third-order valence-electron chi connectivity index (χ3n) is 5.99. The zero-order valence-corrected chi connectivity index (χ0v) is 16.6. The van der Waals surface area contributed by atoms with Gasteiger partial charge in [-0.2, -0.15) is 13.2 Å². The maximum absolute atomic E-state index is 12.9. The van der Waals surface area contributed by atoms with E-state index in [9.17, 15) is 22.8 Å². The van der Waals surface area contributed by atoms with E-state index in [2.05, 4.69) is 12.2 Å². The van der Waals surface area contributed by atoms with Crippen LogP contribution >= 0.6 is 0 Å². The molecule has 2 N–H and O–H groups in total. The first-order valence-corrected chi connectivity index (χ1v) is 10.1. The van der Waals surface area contributed by atoms with Gasteiger partial charge in [0.15, 0.2) is 0 Å². The molecule has 160 valence electrons. The van der Waals surface area contributed by atoms with E-state index >= 15 is 0 Å². The third-order valence-corrected chi connectivity index (χ3v) is 5.99. The lowest BCUT2D eigenvalue weighted by atomic mass is 9.77. The summed E-state index contributed by atoms with van der Waals surface area (Å²) < 4.78 is 43.8. The Balaban J connectivity index is 1.76. The van der Waals surface area contributed by atoms with Gasteiger partial charge < -0.3 is 15.4 Å². The summed E-state index contributed by atoms with van der Waals surface area (Å²) in [4.78, 5) is 25.0. The Bertz CT molecular complexity index is 766. The molecule has 1 aromatic rings. The summed E-state index contributed by atoms with van der Waals surface area (Å²) in [6.45, 7) is 2.08. The van der Waals surface area contributed by atoms with E-state index in [4.69, 9.17) is 4.74 Å². The standard InChI is InChI=1S/C21H27F3N2O3/c1-3-4-12-5-6-13-11-14(29-2)7-8-15(13)18(12)26-20(28)16-9-10-17(21(22,23)24)25-19(16)27/h7-8,11-12,16-18H,3-6,9-10H2,1-2H3,(H,25,27)(H,26,28). The van der Waals surface area contributed by atoms with Gasteiger partial charge in [-0.15, -0.1) is 0 Å². The first-order valence-electron chi connectivity index (χ1n) is 10.1. The minimum Gasteiger partial charge on any atom is -0.497 e. The Morgan fingerprint density at radius 2 is 2.03 bits per heavy atom. The van der Waals surface area contributed by atoms with Crippen molar-refractivity contribution in [2.24, 2.45) is 11.8 Å². The zero-order valence-electron chi connectivity index (χ0n) is 16.6. The SMILES string of the molecule is CCCC1CCc2cc(OC)ccc2C1NC(=O)C1CCC(C(F)(F)F)NC1=O. The number of hydrogen-bond acceptors (Lipinski definition) is 3. The van der Waals surface area contributed by atoms with E-state index in [-0.39, 0.29) is 24.8 Å². The second-order valence-corrected chi connectivity index (χ2v) is 7.87. The Labute approximate surface area is 168 Å². The average molecular weight is 412 g/mol. The van der Waals surface area contributed by atoms with Crippen LogP contribution in [0.3, 0.4) is 0 Å². The summed E-state index contributed by atoms with van der Waals surface area (Å²) in [7, 11) is 1.60. The Kier molecular flexibility index (Phi) is 6.39. The molecule has 4 unspecified atom stereocenters. The number of halogens is 3. The van der Waals surface area contributed by atoms with Crippen molar-refractivity contribution in [3.8, 4) is 5.75 Å². The van der Waals surface area contributed by atoms with Crippen LogP contribution in [-0.4, -0.2) is 31.1 Å². The van der Waals surface area contributed by atoms with Crippen LogP contribution in [0.1, 0.15) is 56.2 Å². The lowest BCUT2D eigenvalue weighted by Crippen LogP contribution is -2.55. The van der Waals surface area contributed by atoms with Gasteiger partial charge in [-0.05, 0) is 61.3 Å². The summed E-state index contributed by atoms with van der Waals surface area (Å²) >= 11 is 0. The van der Waals surface area contributed by atoms with Crippen LogP contribution in [0.2, 0.25) is 0 Å². The van der Waals surface area contributed by atoms with Crippen LogP contribution in [0.5, 0.6) is 5.75 Å². The quantitative estimate of drug-likeness (QED) is 0.725.